The highest BCUT2D eigenvalue weighted by atomic mass is 35.5. The van der Waals surface area contributed by atoms with Crippen LogP contribution < -0.4 is 10.3 Å². The quantitative estimate of drug-likeness (QED) is 0.386. The van der Waals surface area contributed by atoms with Crippen molar-refractivity contribution < 1.29 is 4.79 Å². The van der Waals surface area contributed by atoms with Gasteiger partial charge in [0, 0.05) is 44.3 Å². The molecule has 4 aliphatic rings. The van der Waals surface area contributed by atoms with Crippen LogP contribution in [0.3, 0.4) is 0 Å². The summed E-state index contributed by atoms with van der Waals surface area (Å²) in [7, 11) is 0. The van der Waals surface area contributed by atoms with Crippen molar-refractivity contribution >= 4 is 17.5 Å². The Morgan fingerprint density at radius 3 is 2.45 bits per heavy atom. The lowest BCUT2D eigenvalue weighted by molar-refractivity contribution is 0.0950. The molecule has 0 unspecified atom stereocenters. The van der Waals surface area contributed by atoms with Gasteiger partial charge in [-0.1, -0.05) is 60.1 Å². The second kappa shape index (κ2) is 11.1. The smallest absolute Gasteiger partial charge is 0.254 e. The van der Waals surface area contributed by atoms with Gasteiger partial charge in [0.2, 0.25) is 0 Å². The third kappa shape index (κ3) is 5.00. The van der Waals surface area contributed by atoms with Gasteiger partial charge >= 0.3 is 0 Å². The molecule has 2 aromatic rings. The first kappa shape index (κ1) is 24.9. The van der Waals surface area contributed by atoms with Gasteiger partial charge in [0.15, 0.2) is 0 Å². The SMILES string of the molecule is O=C(NCc1ccccc1Cl)c1c2ncnn(N3CCN(CCc4ccccc4)CC3)c-2c2c1CCCC2. The first-order valence-electron chi connectivity index (χ1n) is 13.6. The second-order valence-electron chi connectivity index (χ2n) is 10.2. The molecule has 0 aromatic heterocycles. The zero-order valence-electron chi connectivity index (χ0n) is 21.6. The van der Waals surface area contributed by atoms with Crippen LogP contribution in [-0.2, 0) is 25.8 Å². The number of piperazine rings is 1. The van der Waals surface area contributed by atoms with Crippen LogP contribution in [0.25, 0.3) is 11.4 Å². The number of aromatic nitrogens is 3. The van der Waals surface area contributed by atoms with E-state index in [4.69, 9.17) is 16.7 Å². The van der Waals surface area contributed by atoms with E-state index in [0.717, 1.165) is 87.3 Å². The molecule has 0 atom stereocenters. The standard InChI is InChI=1S/C30H33ClN6O/c31-26-13-7-4-10-23(26)20-32-30(38)27-24-11-5-6-12-25(24)29-28(27)33-21-34-37(29)36-18-16-35(17-19-36)15-14-22-8-2-1-3-9-22/h1-4,7-10,13,21H,5-6,11-12,14-20H2,(H,32,38). The van der Waals surface area contributed by atoms with E-state index in [2.05, 4.69) is 50.5 Å². The number of nitrogens with one attached hydrogen (secondary N) is 1. The predicted octanol–water partition coefficient (Wildman–Crippen LogP) is 4.34. The molecule has 0 radical (unpaired) electrons. The number of halogens is 1. The average Bonchev–Trinajstić information content (AvgIpc) is 3.31. The molecule has 38 heavy (non-hydrogen) atoms. The molecule has 2 aliphatic carbocycles. The number of rotatable bonds is 7. The summed E-state index contributed by atoms with van der Waals surface area (Å²) in [5.41, 5.74) is 7.13. The number of benzene rings is 2. The Hall–Kier alpha value is -3.42. The highest BCUT2D eigenvalue weighted by Crippen LogP contribution is 2.39. The van der Waals surface area contributed by atoms with E-state index < -0.39 is 0 Å². The first-order chi connectivity index (χ1) is 18.7. The highest BCUT2D eigenvalue weighted by molar-refractivity contribution is 6.31. The zero-order valence-corrected chi connectivity index (χ0v) is 22.3. The Morgan fingerprint density at radius 2 is 1.66 bits per heavy atom. The minimum Gasteiger partial charge on any atom is -0.348 e. The molecule has 1 fully saturated rings. The van der Waals surface area contributed by atoms with Crippen molar-refractivity contribution in [1.82, 2.24) is 25.1 Å². The van der Waals surface area contributed by atoms with Gasteiger partial charge in [-0.3, -0.25) is 14.7 Å². The normalized spacial score (nSPS) is 16.0. The number of hydrogen-bond donors (Lipinski definition) is 1. The van der Waals surface area contributed by atoms with Crippen LogP contribution in [0.1, 0.15) is 45.5 Å². The van der Waals surface area contributed by atoms with E-state index in [-0.39, 0.29) is 5.91 Å². The van der Waals surface area contributed by atoms with Crippen LogP contribution in [-0.4, -0.2) is 58.4 Å². The third-order valence-corrected chi connectivity index (χ3v) is 8.23. The molecule has 7 nitrogen and oxygen atoms in total. The molecule has 0 saturated carbocycles. The maximum atomic E-state index is 13.6. The fourth-order valence-corrected chi connectivity index (χ4v) is 6.03. The van der Waals surface area contributed by atoms with E-state index in [1.807, 2.05) is 29.1 Å². The lowest BCUT2D eigenvalue weighted by Crippen LogP contribution is -2.52. The first-order valence-corrected chi connectivity index (χ1v) is 14.0. The van der Waals surface area contributed by atoms with Gasteiger partial charge in [0.1, 0.15) is 17.7 Å². The topological polar surface area (TPSA) is 66.3 Å². The van der Waals surface area contributed by atoms with E-state index in [0.29, 0.717) is 17.1 Å². The Labute approximate surface area is 228 Å². The van der Waals surface area contributed by atoms with Crippen molar-refractivity contribution in [2.75, 3.05) is 37.7 Å². The lowest BCUT2D eigenvalue weighted by Gasteiger charge is -2.37. The minimum atomic E-state index is -0.0888. The highest BCUT2D eigenvalue weighted by Gasteiger charge is 2.34. The van der Waals surface area contributed by atoms with E-state index in [1.54, 1.807) is 6.33 Å². The molecular weight excluding hydrogens is 496 g/mol. The number of fused-ring (bicyclic) bond motifs is 3. The maximum Gasteiger partial charge on any atom is 0.254 e. The largest absolute Gasteiger partial charge is 0.348 e. The molecular formula is C30H33ClN6O. The molecule has 2 aliphatic heterocycles. The van der Waals surface area contributed by atoms with Gasteiger partial charge in [-0.05, 0) is 60.4 Å². The Morgan fingerprint density at radius 1 is 0.921 bits per heavy atom. The minimum absolute atomic E-state index is 0.0888. The van der Waals surface area contributed by atoms with Crippen LogP contribution in [0, 0.1) is 0 Å². The van der Waals surface area contributed by atoms with E-state index in [9.17, 15) is 4.79 Å². The summed E-state index contributed by atoms with van der Waals surface area (Å²) in [6.07, 6.45) is 6.72. The number of carbonyl (C=O) groups is 1. The van der Waals surface area contributed by atoms with Crippen molar-refractivity contribution in [2.24, 2.45) is 0 Å². The molecule has 196 valence electrons. The molecule has 0 spiro atoms. The zero-order chi connectivity index (χ0) is 25.9. The van der Waals surface area contributed by atoms with Crippen molar-refractivity contribution in [3.05, 3.63) is 93.8 Å². The van der Waals surface area contributed by atoms with Crippen LogP contribution >= 0.6 is 11.6 Å². The van der Waals surface area contributed by atoms with Gasteiger partial charge in [0.25, 0.3) is 5.91 Å². The molecule has 2 heterocycles. The molecule has 1 N–H and O–H groups in total. The van der Waals surface area contributed by atoms with E-state index >= 15 is 0 Å². The monoisotopic (exact) mass is 528 g/mol. The van der Waals surface area contributed by atoms with Gasteiger partial charge in [0.05, 0.1) is 5.56 Å². The predicted molar refractivity (Wildman–Crippen MR) is 150 cm³/mol. The maximum absolute atomic E-state index is 13.6. The fraction of sp³-hybridized carbons (Fsp3) is 0.367. The molecule has 2 aromatic carbocycles. The second-order valence-corrected chi connectivity index (χ2v) is 10.6. The van der Waals surface area contributed by atoms with Crippen LogP contribution in [0.4, 0.5) is 0 Å². The summed E-state index contributed by atoms with van der Waals surface area (Å²) in [4.78, 5) is 22.8. The van der Waals surface area contributed by atoms with Crippen molar-refractivity contribution in [2.45, 2.75) is 38.6 Å². The van der Waals surface area contributed by atoms with Gasteiger partial charge in [-0.15, -0.1) is 5.10 Å². The van der Waals surface area contributed by atoms with Crippen molar-refractivity contribution in [3.8, 4) is 11.4 Å². The molecule has 1 amide bonds. The Balaban J connectivity index is 1.20. The van der Waals surface area contributed by atoms with Gasteiger partial charge in [-0.25, -0.2) is 4.98 Å². The molecule has 0 bridgehead atoms. The Kier molecular flexibility index (Phi) is 7.29. The van der Waals surface area contributed by atoms with Crippen LogP contribution in [0.2, 0.25) is 5.02 Å². The molecule has 1 saturated heterocycles. The number of carbonyl (C=O) groups excluding carboxylic acids is 1. The summed E-state index contributed by atoms with van der Waals surface area (Å²) in [6, 6.07) is 18.3. The van der Waals surface area contributed by atoms with Gasteiger partial charge in [-0.2, -0.15) is 4.79 Å². The van der Waals surface area contributed by atoms with Crippen molar-refractivity contribution in [1.29, 1.82) is 0 Å². The number of hydrogen-bond acceptors (Lipinski definition) is 5. The summed E-state index contributed by atoms with van der Waals surface area (Å²) in [6.45, 7) is 5.19. The summed E-state index contributed by atoms with van der Waals surface area (Å²) < 4.78 is 0. The van der Waals surface area contributed by atoms with Crippen LogP contribution in [0.5, 0.6) is 0 Å². The van der Waals surface area contributed by atoms with E-state index in [1.165, 1.54) is 11.1 Å². The molecule has 6 rings (SSSR count). The summed E-state index contributed by atoms with van der Waals surface area (Å²) in [5.74, 6) is -0.0888. The van der Waals surface area contributed by atoms with Crippen LogP contribution in [0.15, 0.2) is 60.9 Å². The third-order valence-electron chi connectivity index (χ3n) is 7.86. The van der Waals surface area contributed by atoms with Crippen molar-refractivity contribution in [3.63, 3.8) is 0 Å². The fourth-order valence-electron chi connectivity index (χ4n) is 5.83. The number of nitrogens with zero attached hydrogens (tertiary/aromatic N) is 5. The number of amides is 1. The lowest BCUT2D eigenvalue weighted by atomic mass is 9.93. The Bertz CT molecular complexity index is 1380. The molecule has 8 heteroatoms. The van der Waals surface area contributed by atoms with Gasteiger partial charge < -0.3 is 5.32 Å². The summed E-state index contributed by atoms with van der Waals surface area (Å²) in [5, 5.41) is 10.8. The average molecular weight is 529 g/mol. The summed E-state index contributed by atoms with van der Waals surface area (Å²) >= 11 is 6.33.